The Bertz CT molecular complexity index is 740. The molecule has 0 aliphatic heterocycles. The van der Waals surface area contributed by atoms with Crippen LogP contribution >= 0.6 is 0 Å². The highest BCUT2D eigenvalue weighted by atomic mass is 16.3. The Labute approximate surface area is 148 Å². The van der Waals surface area contributed by atoms with Gasteiger partial charge in [-0.3, -0.25) is 9.59 Å². The summed E-state index contributed by atoms with van der Waals surface area (Å²) in [6, 6.07) is 16.9. The van der Waals surface area contributed by atoms with Crippen molar-refractivity contribution in [3.63, 3.8) is 0 Å². The van der Waals surface area contributed by atoms with Gasteiger partial charge in [-0.15, -0.1) is 0 Å². The maximum atomic E-state index is 12.2. The van der Waals surface area contributed by atoms with Crippen molar-refractivity contribution in [1.82, 2.24) is 5.32 Å². The standard InChI is InChI=1S/C20H24N2O3/c1-14(2)20(3,25)13-21-18(23)19(24)22-17-12-8-7-11-16(17)15-9-5-4-6-10-15/h4-12,14,25H,13H2,1-3H3,(H,21,23)(H,22,24). The number of amides is 2. The minimum Gasteiger partial charge on any atom is -0.388 e. The molecular weight excluding hydrogens is 316 g/mol. The Hall–Kier alpha value is -2.66. The molecule has 25 heavy (non-hydrogen) atoms. The molecule has 1 unspecified atom stereocenters. The van der Waals surface area contributed by atoms with Crippen molar-refractivity contribution in [2.75, 3.05) is 11.9 Å². The van der Waals surface area contributed by atoms with E-state index in [1.165, 1.54) is 0 Å². The minimum absolute atomic E-state index is 0.0112. The van der Waals surface area contributed by atoms with E-state index in [1.54, 1.807) is 19.1 Å². The summed E-state index contributed by atoms with van der Waals surface area (Å²) < 4.78 is 0. The van der Waals surface area contributed by atoms with Gasteiger partial charge in [0.1, 0.15) is 0 Å². The molecule has 1 atom stereocenters. The number of hydrogen-bond donors (Lipinski definition) is 3. The van der Waals surface area contributed by atoms with Gasteiger partial charge >= 0.3 is 11.8 Å². The Morgan fingerprint density at radius 1 is 1.00 bits per heavy atom. The van der Waals surface area contributed by atoms with Gasteiger partial charge in [0.05, 0.1) is 5.60 Å². The van der Waals surface area contributed by atoms with Crippen molar-refractivity contribution >= 4 is 17.5 Å². The van der Waals surface area contributed by atoms with Gasteiger partial charge in [-0.05, 0) is 24.5 Å². The van der Waals surface area contributed by atoms with Crippen LogP contribution in [0.1, 0.15) is 20.8 Å². The van der Waals surface area contributed by atoms with Crippen molar-refractivity contribution in [2.24, 2.45) is 5.92 Å². The first-order valence-corrected chi connectivity index (χ1v) is 8.27. The van der Waals surface area contributed by atoms with E-state index in [4.69, 9.17) is 0 Å². The molecule has 2 rings (SSSR count). The van der Waals surface area contributed by atoms with Gasteiger partial charge in [-0.1, -0.05) is 62.4 Å². The predicted molar refractivity (Wildman–Crippen MR) is 99.0 cm³/mol. The Kier molecular flexibility index (Phi) is 5.93. The summed E-state index contributed by atoms with van der Waals surface area (Å²) in [7, 11) is 0. The highest BCUT2D eigenvalue weighted by Gasteiger charge is 2.26. The summed E-state index contributed by atoms with van der Waals surface area (Å²) in [6.07, 6.45) is 0. The molecule has 0 fully saturated rings. The van der Waals surface area contributed by atoms with Crippen LogP contribution in [0.2, 0.25) is 0 Å². The summed E-state index contributed by atoms with van der Waals surface area (Å²) in [4.78, 5) is 24.2. The van der Waals surface area contributed by atoms with Crippen LogP contribution in [0.3, 0.4) is 0 Å². The zero-order valence-corrected chi connectivity index (χ0v) is 14.7. The molecule has 5 nitrogen and oxygen atoms in total. The van der Waals surface area contributed by atoms with Crippen molar-refractivity contribution in [3.8, 4) is 11.1 Å². The van der Waals surface area contributed by atoms with Crippen LogP contribution < -0.4 is 10.6 Å². The van der Waals surface area contributed by atoms with Crippen LogP contribution in [0.15, 0.2) is 54.6 Å². The average molecular weight is 340 g/mol. The lowest BCUT2D eigenvalue weighted by atomic mass is 9.92. The number of anilines is 1. The lowest BCUT2D eigenvalue weighted by molar-refractivity contribution is -0.137. The smallest absolute Gasteiger partial charge is 0.313 e. The molecular formula is C20H24N2O3. The first-order valence-electron chi connectivity index (χ1n) is 8.27. The van der Waals surface area contributed by atoms with E-state index in [9.17, 15) is 14.7 Å². The molecule has 0 aliphatic rings. The minimum atomic E-state index is -1.07. The molecule has 0 aromatic heterocycles. The third-order valence-electron chi connectivity index (χ3n) is 4.32. The van der Waals surface area contributed by atoms with E-state index in [0.29, 0.717) is 5.69 Å². The Morgan fingerprint density at radius 2 is 1.60 bits per heavy atom. The summed E-state index contributed by atoms with van der Waals surface area (Å²) >= 11 is 0. The van der Waals surface area contributed by atoms with E-state index in [1.807, 2.05) is 56.3 Å². The van der Waals surface area contributed by atoms with Crippen LogP contribution in [0.4, 0.5) is 5.69 Å². The van der Waals surface area contributed by atoms with Gasteiger partial charge < -0.3 is 15.7 Å². The maximum Gasteiger partial charge on any atom is 0.313 e. The Balaban J connectivity index is 2.07. The van der Waals surface area contributed by atoms with Gasteiger partial charge in [-0.2, -0.15) is 0 Å². The SMILES string of the molecule is CC(C)C(C)(O)CNC(=O)C(=O)Nc1ccccc1-c1ccccc1. The summed E-state index contributed by atoms with van der Waals surface area (Å²) in [5.74, 6) is -1.58. The number of aliphatic hydroxyl groups is 1. The molecule has 0 saturated heterocycles. The second kappa shape index (κ2) is 7.94. The van der Waals surface area contributed by atoms with Gasteiger partial charge in [0, 0.05) is 17.8 Å². The largest absolute Gasteiger partial charge is 0.388 e. The van der Waals surface area contributed by atoms with Crippen LogP contribution in [-0.2, 0) is 9.59 Å². The van der Waals surface area contributed by atoms with Crippen molar-refractivity contribution < 1.29 is 14.7 Å². The van der Waals surface area contributed by atoms with E-state index < -0.39 is 17.4 Å². The number of nitrogens with one attached hydrogen (secondary N) is 2. The molecule has 5 heteroatoms. The van der Waals surface area contributed by atoms with Crippen LogP contribution in [-0.4, -0.2) is 29.1 Å². The van der Waals surface area contributed by atoms with Crippen molar-refractivity contribution in [2.45, 2.75) is 26.4 Å². The van der Waals surface area contributed by atoms with Crippen LogP contribution in [0, 0.1) is 5.92 Å². The number of carbonyl (C=O) groups excluding carboxylic acids is 2. The quantitative estimate of drug-likeness (QED) is 0.732. The normalized spacial score (nSPS) is 13.2. The van der Waals surface area contributed by atoms with Gasteiger partial charge in [-0.25, -0.2) is 0 Å². The third-order valence-corrected chi connectivity index (χ3v) is 4.32. The van der Waals surface area contributed by atoms with Crippen molar-refractivity contribution in [1.29, 1.82) is 0 Å². The first kappa shape index (κ1) is 18.7. The van der Waals surface area contributed by atoms with Crippen LogP contribution in [0.25, 0.3) is 11.1 Å². The fourth-order valence-corrected chi connectivity index (χ4v) is 2.18. The predicted octanol–water partition coefficient (Wildman–Crippen LogP) is 2.82. The van der Waals surface area contributed by atoms with Gasteiger partial charge in [0.2, 0.25) is 0 Å². The summed E-state index contributed by atoms with van der Waals surface area (Å²) in [5.41, 5.74) is 1.27. The molecule has 0 aliphatic carbocycles. The number of rotatable bonds is 5. The second-order valence-corrected chi connectivity index (χ2v) is 6.56. The van der Waals surface area contributed by atoms with Gasteiger partial charge in [0.25, 0.3) is 0 Å². The third kappa shape index (κ3) is 4.90. The van der Waals surface area contributed by atoms with E-state index >= 15 is 0 Å². The number of carbonyl (C=O) groups is 2. The van der Waals surface area contributed by atoms with E-state index in [-0.39, 0.29) is 12.5 Å². The van der Waals surface area contributed by atoms with Gasteiger partial charge in [0.15, 0.2) is 0 Å². The monoisotopic (exact) mass is 340 g/mol. The highest BCUT2D eigenvalue weighted by Crippen LogP contribution is 2.27. The zero-order valence-electron chi connectivity index (χ0n) is 14.7. The number of benzene rings is 2. The van der Waals surface area contributed by atoms with E-state index in [0.717, 1.165) is 11.1 Å². The fraction of sp³-hybridized carbons (Fsp3) is 0.300. The second-order valence-electron chi connectivity index (χ2n) is 6.56. The maximum absolute atomic E-state index is 12.2. The fourth-order valence-electron chi connectivity index (χ4n) is 2.18. The van der Waals surface area contributed by atoms with Crippen molar-refractivity contribution in [3.05, 3.63) is 54.6 Å². The zero-order chi connectivity index (χ0) is 18.4. The topological polar surface area (TPSA) is 78.4 Å². The summed E-state index contributed by atoms with van der Waals surface area (Å²) in [5, 5.41) is 15.3. The average Bonchev–Trinajstić information content (AvgIpc) is 2.60. The van der Waals surface area contributed by atoms with E-state index in [2.05, 4.69) is 10.6 Å². The molecule has 0 bridgehead atoms. The summed E-state index contributed by atoms with van der Waals surface area (Å²) in [6.45, 7) is 5.34. The lowest BCUT2D eigenvalue weighted by Gasteiger charge is -2.27. The Morgan fingerprint density at radius 3 is 2.24 bits per heavy atom. The lowest BCUT2D eigenvalue weighted by Crippen LogP contribution is -2.47. The molecule has 0 spiro atoms. The molecule has 132 valence electrons. The van der Waals surface area contributed by atoms with Crippen LogP contribution in [0.5, 0.6) is 0 Å². The molecule has 0 radical (unpaired) electrons. The molecule has 0 heterocycles. The molecule has 2 amide bonds. The first-order chi connectivity index (χ1) is 11.8. The molecule has 2 aromatic carbocycles. The number of para-hydroxylation sites is 1. The number of hydrogen-bond acceptors (Lipinski definition) is 3. The highest BCUT2D eigenvalue weighted by molar-refractivity contribution is 6.40. The molecule has 2 aromatic rings. The molecule has 0 saturated carbocycles. The molecule has 3 N–H and O–H groups in total.